The smallest absolute Gasteiger partial charge is 0.266 e. The maximum absolute atomic E-state index is 14.2. The number of methoxy groups -OCH3 is 1. The number of rotatable bonds is 8. The molecule has 0 spiro atoms. The summed E-state index contributed by atoms with van der Waals surface area (Å²) < 4.78 is 8.06. The molecule has 0 saturated heterocycles. The highest BCUT2D eigenvalue weighted by Gasteiger charge is 2.30. The van der Waals surface area contributed by atoms with Gasteiger partial charge in [0.25, 0.3) is 11.5 Å². The van der Waals surface area contributed by atoms with Crippen LogP contribution in [0.25, 0.3) is 16.6 Å². The Kier molecular flexibility index (Phi) is 7.89. The van der Waals surface area contributed by atoms with Crippen LogP contribution in [0.4, 0.5) is 0 Å². The lowest BCUT2D eigenvalue weighted by atomic mass is 10.1. The molecule has 0 aliphatic carbocycles. The number of nitrogens with zero attached hydrogens (tertiary/aromatic N) is 3. The van der Waals surface area contributed by atoms with E-state index in [0.717, 1.165) is 10.0 Å². The van der Waals surface area contributed by atoms with Crippen molar-refractivity contribution in [2.45, 2.75) is 25.9 Å². The van der Waals surface area contributed by atoms with Crippen molar-refractivity contribution in [3.63, 3.8) is 0 Å². The van der Waals surface area contributed by atoms with Crippen LogP contribution >= 0.6 is 15.9 Å². The minimum Gasteiger partial charge on any atom is -0.495 e. The van der Waals surface area contributed by atoms with E-state index in [1.54, 1.807) is 28.7 Å². The fourth-order valence-electron chi connectivity index (χ4n) is 4.85. The van der Waals surface area contributed by atoms with E-state index in [-0.39, 0.29) is 11.5 Å². The van der Waals surface area contributed by atoms with Crippen LogP contribution < -0.4 is 10.3 Å². The highest BCUT2D eigenvalue weighted by atomic mass is 79.9. The summed E-state index contributed by atoms with van der Waals surface area (Å²) in [6.45, 7) is 2.35. The monoisotopic (exact) mass is 581 g/mol. The first-order valence-electron chi connectivity index (χ1n) is 12.8. The molecule has 1 unspecified atom stereocenters. The summed E-state index contributed by atoms with van der Waals surface area (Å²) in [5.74, 6) is 0.867. The molecular formula is C32H28BrN3O3. The van der Waals surface area contributed by atoms with Crippen molar-refractivity contribution in [3.05, 3.63) is 135 Å². The number of carbonyl (C=O) groups excluding carboxylic acids is 1. The lowest BCUT2D eigenvalue weighted by Crippen LogP contribution is -2.38. The molecule has 1 atom stereocenters. The molecule has 196 valence electrons. The molecule has 0 aliphatic rings. The summed E-state index contributed by atoms with van der Waals surface area (Å²) in [6.07, 6.45) is 0.534. The van der Waals surface area contributed by atoms with Crippen molar-refractivity contribution in [3.8, 4) is 11.4 Å². The number of hydrogen-bond donors (Lipinski definition) is 0. The second-order valence-electron chi connectivity index (χ2n) is 9.15. The average Bonchev–Trinajstić information content (AvgIpc) is 2.97. The van der Waals surface area contributed by atoms with E-state index in [1.165, 1.54) is 0 Å². The highest BCUT2D eigenvalue weighted by molar-refractivity contribution is 9.10. The van der Waals surface area contributed by atoms with Crippen molar-refractivity contribution < 1.29 is 9.53 Å². The molecule has 1 aromatic heterocycles. The van der Waals surface area contributed by atoms with Gasteiger partial charge in [-0.15, -0.1) is 0 Å². The summed E-state index contributed by atoms with van der Waals surface area (Å²) in [7, 11) is 1.58. The van der Waals surface area contributed by atoms with Gasteiger partial charge in [0.15, 0.2) is 0 Å². The van der Waals surface area contributed by atoms with E-state index in [4.69, 9.17) is 9.72 Å². The van der Waals surface area contributed by atoms with Gasteiger partial charge in [0.2, 0.25) is 0 Å². The van der Waals surface area contributed by atoms with E-state index in [1.807, 2.05) is 97.9 Å². The third-order valence-electron chi connectivity index (χ3n) is 6.72. The number of ether oxygens (including phenoxy) is 1. The highest BCUT2D eigenvalue weighted by Crippen LogP contribution is 2.31. The first kappa shape index (κ1) is 26.4. The summed E-state index contributed by atoms with van der Waals surface area (Å²) in [5.41, 5.74) is 2.47. The van der Waals surface area contributed by atoms with Crippen LogP contribution in [-0.2, 0) is 6.54 Å². The van der Waals surface area contributed by atoms with Gasteiger partial charge in [-0.1, -0.05) is 83.5 Å². The van der Waals surface area contributed by atoms with Crippen molar-refractivity contribution in [2.24, 2.45) is 0 Å². The Bertz CT molecular complexity index is 1680. The number of benzene rings is 4. The van der Waals surface area contributed by atoms with Gasteiger partial charge >= 0.3 is 0 Å². The molecule has 5 aromatic rings. The number of hydrogen-bond acceptors (Lipinski definition) is 4. The Hall–Kier alpha value is -4.23. The maximum Gasteiger partial charge on any atom is 0.266 e. The Balaban J connectivity index is 1.76. The third kappa shape index (κ3) is 5.36. The van der Waals surface area contributed by atoms with E-state index >= 15 is 0 Å². The van der Waals surface area contributed by atoms with Crippen molar-refractivity contribution >= 4 is 32.7 Å². The molecular weight excluding hydrogens is 554 g/mol. The molecule has 39 heavy (non-hydrogen) atoms. The largest absolute Gasteiger partial charge is 0.495 e. The average molecular weight is 582 g/mol. The van der Waals surface area contributed by atoms with Gasteiger partial charge in [-0.2, -0.15) is 0 Å². The van der Waals surface area contributed by atoms with Gasteiger partial charge in [-0.05, 0) is 54.4 Å². The summed E-state index contributed by atoms with van der Waals surface area (Å²) in [5, 5.41) is 0.495. The Labute approximate surface area is 235 Å². The van der Waals surface area contributed by atoms with Crippen LogP contribution in [-0.4, -0.2) is 27.5 Å². The second-order valence-corrected chi connectivity index (χ2v) is 10.1. The lowest BCUT2D eigenvalue weighted by Gasteiger charge is -2.33. The van der Waals surface area contributed by atoms with E-state index in [9.17, 15) is 9.59 Å². The molecule has 1 amide bonds. The number of para-hydroxylation sites is 3. The zero-order valence-electron chi connectivity index (χ0n) is 21.8. The number of aromatic nitrogens is 2. The number of carbonyl (C=O) groups is 1. The van der Waals surface area contributed by atoms with Crippen molar-refractivity contribution in [1.29, 1.82) is 0 Å². The zero-order chi connectivity index (χ0) is 27.4. The fraction of sp³-hybridized carbons (Fsp3) is 0.156. The van der Waals surface area contributed by atoms with Crippen molar-refractivity contribution in [2.75, 3.05) is 7.11 Å². The van der Waals surface area contributed by atoms with Crippen LogP contribution in [0.3, 0.4) is 0 Å². The molecule has 0 bridgehead atoms. The Morgan fingerprint density at radius 3 is 2.41 bits per heavy atom. The molecule has 5 rings (SSSR count). The molecule has 0 saturated carbocycles. The first-order chi connectivity index (χ1) is 19.0. The molecule has 6 nitrogen and oxygen atoms in total. The minimum atomic E-state index is -0.515. The molecule has 4 aromatic carbocycles. The Morgan fingerprint density at radius 1 is 0.949 bits per heavy atom. The van der Waals surface area contributed by atoms with Gasteiger partial charge in [0.1, 0.15) is 11.6 Å². The molecule has 7 heteroatoms. The Morgan fingerprint density at radius 2 is 1.67 bits per heavy atom. The molecule has 0 N–H and O–H groups in total. The first-order valence-corrected chi connectivity index (χ1v) is 13.6. The molecule has 0 radical (unpaired) electrons. The van der Waals surface area contributed by atoms with E-state index in [2.05, 4.69) is 15.9 Å². The fourth-order valence-corrected chi connectivity index (χ4v) is 5.25. The number of fused-ring (bicyclic) bond motifs is 1. The predicted octanol–water partition coefficient (Wildman–Crippen LogP) is 6.95. The quantitative estimate of drug-likeness (QED) is 0.199. The van der Waals surface area contributed by atoms with Gasteiger partial charge in [-0.25, -0.2) is 4.98 Å². The van der Waals surface area contributed by atoms with Gasteiger partial charge in [0.05, 0.1) is 29.7 Å². The van der Waals surface area contributed by atoms with Crippen LogP contribution in [0.1, 0.15) is 41.1 Å². The van der Waals surface area contributed by atoms with Crippen LogP contribution in [0.15, 0.2) is 112 Å². The zero-order valence-corrected chi connectivity index (χ0v) is 23.3. The van der Waals surface area contributed by atoms with Gasteiger partial charge in [-0.3, -0.25) is 14.2 Å². The normalized spacial score (nSPS) is 11.8. The van der Waals surface area contributed by atoms with Crippen molar-refractivity contribution in [1.82, 2.24) is 14.5 Å². The maximum atomic E-state index is 14.2. The number of amides is 1. The van der Waals surface area contributed by atoms with Gasteiger partial charge in [0, 0.05) is 16.6 Å². The standard InChI is InChI=1S/C32H28BrN3O3/c1-3-27(35(21-22-12-5-4-6-13-22)31(37)23-14-11-15-24(33)20-23)30-34-26-17-8-7-16-25(26)32(38)36(30)28-18-9-10-19-29(28)39-2/h4-20,27H,3,21H2,1-2H3. The topological polar surface area (TPSA) is 64.4 Å². The summed E-state index contributed by atoms with van der Waals surface area (Å²) in [6, 6.07) is 31.4. The summed E-state index contributed by atoms with van der Waals surface area (Å²) >= 11 is 3.50. The SMILES string of the molecule is CCC(c1nc2ccccc2c(=O)n1-c1ccccc1OC)N(Cc1ccccc1)C(=O)c1cccc(Br)c1. The third-order valence-corrected chi connectivity index (χ3v) is 7.21. The second kappa shape index (κ2) is 11.7. The molecule has 0 fully saturated rings. The lowest BCUT2D eigenvalue weighted by molar-refractivity contribution is 0.0640. The summed E-state index contributed by atoms with van der Waals surface area (Å²) in [4.78, 5) is 35.0. The van der Waals surface area contributed by atoms with E-state index in [0.29, 0.717) is 46.7 Å². The molecule has 1 heterocycles. The van der Waals surface area contributed by atoms with Crippen LogP contribution in [0, 0.1) is 0 Å². The minimum absolute atomic E-state index is 0.152. The molecule has 0 aliphatic heterocycles. The van der Waals surface area contributed by atoms with E-state index < -0.39 is 6.04 Å². The predicted molar refractivity (Wildman–Crippen MR) is 157 cm³/mol. The van der Waals surface area contributed by atoms with Gasteiger partial charge < -0.3 is 9.64 Å². The van der Waals surface area contributed by atoms with Crippen LogP contribution in [0.5, 0.6) is 5.75 Å². The van der Waals surface area contributed by atoms with Crippen LogP contribution in [0.2, 0.25) is 0 Å². The number of halogens is 1.